The van der Waals surface area contributed by atoms with E-state index in [1.54, 1.807) is 0 Å². The lowest BCUT2D eigenvalue weighted by atomic mass is 10.0. The van der Waals surface area contributed by atoms with Gasteiger partial charge in [0, 0.05) is 0 Å². The van der Waals surface area contributed by atoms with Crippen LogP contribution in [0.2, 0.25) is 0 Å². The molecule has 0 heterocycles. The Morgan fingerprint density at radius 1 is 1.30 bits per heavy atom. The molecular weight excluding hydrogens is 256 g/mol. The first kappa shape index (κ1) is 16.2. The Labute approximate surface area is 119 Å². The zero-order valence-electron chi connectivity index (χ0n) is 11.7. The van der Waals surface area contributed by atoms with E-state index in [1.807, 2.05) is 37.3 Å². The minimum atomic E-state index is -1.02. The van der Waals surface area contributed by atoms with Crippen molar-refractivity contribution >= 4 is 11.9 Å². The topological polar surface area (TPSA) is 92.4 Å². The zero-order chi connectivity index (χ0) is 15.0. The summed E-state index contributed by atoms with van der Waals surface area (Å²) in [5.41, 5.74) is 6.78. The number of aliphatic carboxylic acids is 1. The molecule has 1 rings (SSSR count). The maximum atomic E-state index is 11.9. The molecule has 20 heavy (non-hydrogen) atoms. The van der Waals surface area contributed by atoms with Gasteiger partial charge in [-0.2, -0.15) is 0 Å². The highest BCUT2D eigenvalue weighted by molar-refractivity contribution is 5.86. The molecule has 1 amide bonds. The van der Waals surface area contributed by atoms with Gasteiger partial charge >= 0.3 is 5.97 Å². The van der Waals surface area contributed by atoms with Crippen LogP contribution in [-0.2, 0) is 16.0 Å². The average Bonchev–Trinajstić information content (AvgIpc) is 2.43. The number of benzene rings is 1. The van der Waals surface area contributed by atoms with E-state index in [-0.39, 0.29) is 0 Å². The molecule has 2 atom stereocenters. The first-order chi connectivity index (χ1) is 9.54. The Hall–Kier alpha value is -1.88. The number of nitrogens with two attached hydrogens (primary N) is 1. The molecule has 5 heteroatoms. The Bertz CT molecular complexity index is 434. The smallest absolute Gasteiger partial charge is 0.326 e. The molecule has 0 saturated carbocycles. The van der Waals surface area contributed by atoms with Gasteiger partial charge in [-0.25, -0.2) is 4.79 Å². The molecular formula is C15H22N2O3. The maximum absolute atomic E-state index is 11.9. The number of carboxylic acids is 1. The van der Waals surface area contributed by atoms with Crippen LogP contribution in [0, 0.1) is 0 Å². The number of unbranched alkanes of at least 4 members (excludes halogenated alkanes) is 1. The summed E-state index contributed by atoms with van der Waals surface area (Å²) in [6.07, 6.45) is 2.46. The summed E-state index contributed by atoms with van der Waals surface area (Å²) in [7, 11) is 0. The van der Waals surface area contributed by atoms with Gasteiger partial charge in [0.1, 0.15) is 6.04 Å². The first-order valence-corrected chi connectivity index (χ1v) is 6.87. The van der Waals surface area contributed by atoms with Crippen LogP contribution < -0.4 is 11.1 Å². The molecule has 0 aliphatic rings. The minimum absolute atomic E-state index is 0.396. The molecule has 0 aliphatic heterocycles. The summed E-state index contributed by atoms with van der Waals surface area (Å²) >= 11 is 0. The summed E-state index contributed by atoms with van der Waals surface area (Å²) in [4.78, 5) is 23.0. The third-order valence-electron chi connectivity index (χ3n) is 3.10. The molecule has 1 aromatic carbocycles. The van der Waals surface area contributed by atoms with Gasteiger partial charge in [-0.3, -0.25) is 4.79 Å². The van der Waals surface area contributed by atoms with Gasteiger partial charge in [0.2, 0.25) is 5.91 Å². The highest BCUT2D eigenvalue weighted by atomic mass is 16.4. The quantitative estimate of drug-likeness (QED) is 0.668. The number of amides is 1. The molecule has 0 spiro atoms. The zero-order valence-corrected chi connectivity index (χ0v) is 11.7. The van der Waals surface area contributed by atoms with E-state index in [1.165, 1.54) is 0 Å². The molecule has 110 valence electrons. The summed E-state index contributed by atoms with van der Waals surface area (Å²) in [5, 5.41) is 11.6. The Kier molecular flexibility index (Phi) is 6.73. The van der Waals surface area contributed by atoms with Crippen molar-refractivity contribution in [3.8, 4) is 0 Å². The van der Waals surface area contributed by atoms with Crippen LogP contribution in [0.25, 0.3) is 0 Å². The number of carbonyl (C=O) groups is 2. The van der Waals surface area contributed by atoms with Crippen molar-refractivity contribution in [2.45, 2.75) is 44.7 Å². The molecule has 1 aromatic rings. The third kappa shape index (κ3) is 5.40. The molecule has 0 aliphatic carbocycles. The molecule has 0 fully saturated rings. The van der Waals surface area contributed by atoms with Crippen LogP contribution in [0.3, 0.4) is 0 Å². The number of hydrogen-bond donors (Lipinski definition) is 3. The van der Waals surface area contributed by atoms with Gasteiger partial charge in [0.25, 0.3) is 0 Å². The van der Waals surface area contributed by atoms with E-state index in [9.17, 15) is 9.59 Å². The van der Waals surface area contributed by atoms with Crippen molar-refractivity contribution in [2.24, 2.45) is 5.73 Å². The third-order valence-corrected chi connectivity index (χ3v) is 3.10. The van der Waals surface area contributed by atoms with Crippen LogP contribution >= 0.6 is 0 Å². The van der Waals surface area contributed by atoms with Crippen LogP contribution in [0.1, 0.15) is 31.7 Å². The predicted molar refractivity (Wildman–Crippen MR) is 77.2 cm³/mol. The van der Waals surface area contributed by atoms with E-state index in [0.29, 0.717) is 12.8 Å². The Balaban J connectivity index is 2.53. The van der Waals surface area contributed by atoms with Gasteiger partial charge in [0.05, 0.1) is 6.04 Å². The average molecular weight is 278 g/mol. The summed E-state index contributed by atoms with van der Waals surface area (Å²) < 4.78 is 0. The van der Waals surface area contributed by atoms with Gasteiger partial charge in [0.15, 0.2) is 0 Å². The second-order valence-corrected chi connectivity index (χ2v) is 4.84. The summed E-state index contributed by atoms with van der Waals surface area (Å²) in [6, 6.07) is 7.82. The molecule has 1 unspecified atom stereocenters. The predicted octanol–water partition coefficient (Wildman–Crippen LogP) is 1.32. The largest absolute Gasteiger partial charge is 0.480 e. The Morgan fingerprint density at radius 2 is 1.95 bits per heavy atom. The molecule has 0 saturated heterocycles. The standard InChI is InChI=1S/C15H22N2O3/c1-2-3-9-13(15(19)20)17-14(18)12(16)10-11-7-5-4-6-8-11/h4-8,12-13H,2-3,9-10,16H2,1H3,(H,17,18)(H,19,20)/t12-,13?/m0/s1. The molecule has 0 bridgehead atoms. The highest BCUT2D eigenvalue weighted by Crippen LogP contribution is 2.04. The van der Waals surface area contributed by atoms with E-state index >= 15 is 0 Å². The SMILES string of the molecule is CCCCC(NC(=O)[C@@H](N)Cc1ccccc1)C(=O)O. The second-order valence-electron chi connectivity index (χ2n) is 4.84. The van der Waals surface area contributed by atoms with Crippen LogP contribution in [0.4, 0.5) is 0 Å². The van der Waals surface area contributed by atoms with Gasteiger partial charge in [-0.1, -0.05) is 50.1 Å². The van der Waals surface area contributed by atoms with Crippen molar-refractivity contribution in [3.05, 3.63) is 35.9 Å². The number of nitrogens with one attached hydrogen (secondary N) is 1. The number of hydrogen-bond acceptors (Lipinski definition) is 3. The van der Waals surface area contributed by atoms with Crippen molar-refractivity contribution in [1.29, 1.82) is 0 Å². The maximum Gasteiger partial charge on any atom is 0.326 e. The first-order valence-electron chi connectivity index (χ1n) is 6.87. The molecule has 5 nitrogen and oxygen atoms in total. The minimum Gasteiger partial charge on any atom is -0.480 e. The second kappa shape index (κ2) is 8.32. The molecule has 4 N–H and O–H groups in total. The Morgan fingerprint density at radius 3 is 2.50 bits per heavy atom. The molecule has 0 radical (unpaired) electrons. The number of carboxylic acid groups (broad SMARTS) is 1. The fourth-order valence-electron chi connectivity index (χ4n) is 1.91. The van der Waals surface area contributed by atoms with Gasteiger partial charge in [-0.15, -0.1) is 0 Å². The highest BCUT2D eigenvalue weighted by Gasteiger charge is 2.22. The van der Waals surface area contributed by atoms with Crippen LogP contribution in [0.5, 0.6) is 0 Å². The monoisotopic (exact) mass is 278 g/mol. The summed E-state index contributed by atoms with van der Waals surface area (Å²) in [6.45, 7) is 1.97. The fraction of sp³-hybridized carbons (Fsp3) is 0.467. The lowest BCUT2D eigenvalue weighted by Gasteiger charge is -2.17. The van der Waals surface area contributed by atoms with Crippen molar-refractivity contribution in [3.63, 3.8) is 0 Å². The van der Waals surface area contributed by atoms with Crippen molar-refractivity contribution in [1.82, 2.24) is 5.32 Å². The van der Waals surface area contributed by atoms with E-state index in [4.69, 9.17) is 10.8 Å². The van der Waals surface area contributed by atoms with Crippen LogP contribution in [0.15, 0.2) is 30.3 Å². The number of rotatable bonds is 8. The lowest BCUT2D eigenvalue weighted by Crippen LogP contribution is -2.49. The number of carbonyl (C=O) groups excluding carboxylic acids is 1. The van der Waals surface area contributed by atoms with Crippen LogP contribution in [-0.4, -0.2) is 29.1 Å². The van der Waals surface area contributed by atoms with E-state index < -0.39 is 24.0 Å². The van der Waals surface area contributed by atoms with E-state index in [2.05, 4.69) is 5.32 Å². The fourth-order valence-corrected chi connectivity index (χ4v) is 1.91. The lowest BCUT2D eigenvalue weighted by molar-refractivity contribution is -0.142. The van der Waals surface area contributed by atoms with Gasteiger partial charge in [-0.05, 0) is 18.4 Å². The van der Waals surface area contributed by atoms with Crippen molar-refractivity contribution < 1.29 is 14.7 Å². The van der Waals surface area contributed by atoms with E-state index in [0.717, 1.165) is 18.4 Å². The summed E-state index contributed by atoms with van der Waals surface area (Å²) in [5.74, 6) is -1.43. The van der Waals surface area contributed by atoms with Crippen molar-refractivity contribution in [2.75, 3.05) is 0 Å². The van der Waals surface area contributed by atoms with Gasteiger partial charge < -0.3 is 16.2 Å². The molecule has 0 aromatic heterocycles. The normalized spacial score (nSPS) is 13.5.